The number of amides is 2. The maximum Gasteiger partial charge on any atom is 0.407 e. The van der Waals surface area contributed by atoms with E-state index >= 15 is 0 Å². The average Bonchev–Trinajstić information content (AvgIpc) is 3.05. The number of nitrogens with zero attached hydrogens (tertiary/aromatic N) is 5. The number of aromatic nitrogens is 2. The lowest BCUT2D eigenvalue weighted by atomic mass is 9.81. The summed E-state index contributed by atoms with van der Waals surface area (Å²) in [7, 11) is 2.14. The number of likely N-dealkylation sites (N-methyl/N-ethyl adjacent to an activating group) is 1. The Bertz CT molecular complexity index is 1470. The molecule has 10 nitrogen and oxygen atoms in total. The first-order valence-electron chi connectivity index (χ1n) is 16.7. The van der Waals surface area contributed by atoms with Crippen LogP contribution in [0.15, 0.2) is 48.7 Å². The Hall–Kier alpha value is -3.76. The lowest BCUT2D eigenvalue weighted by Crippen LogP contribution is -2.45. The summed E-state index contributed by atoms with van der Waals surface area (Å²) in [5, 5.41) is 13.9. The molecular weight excluding hydrogens is 580 g/mol. The molecule has 0 bridgehead atoms. The molecule has 2 amide bonds. The maximum atomic E-state index is 13.6. The number of fused-ring (bicyclic) bond motifs is 1. The first-order valence-corrected chi connectivity index (χ1v) is 16.7. The van der Waals surface area contributed by atoms with Gasteiger partial charge in [-0.05, 0) is 96.5 Å². The molecule has 1 saturated carbocycles. The predicted octanol–water partition coefficient (Wildman–Crippen LogP) is 5.77. The van der Waals surface area contributed by atoms with E-state index < -0.39 is 6.09 Å². The molecule has 3 aromatic rings. The zero-order valence-corrected chi connectivity index (χ0v) is 28.0. The summed E-state index contributed by atoms with van der Waals surface area (Å²) in [4.78, 5) is 41.4. The van der Waals surface area contributed by atoms with Gasteiger partial charge >= 0.3 is 6.09 Å². The number of anilines is 1. The van der Waals surface area contributed by atoms with Gasteiger partial charge in [-0.2, -0.15) is 0 Å². The van der Waals surface area contributed by atoms with E-state index in [1.165, 1.54) is 4.90 Å². The quantitative estimate of drug-likeness (QED) is 0.291. The molecule has 1 saturated heterocycles. The maximum absolute atomic E-state index is 13.6. The fourth-order valence-electron chi connectivity index (χ4n) is 6.41. The molecule has 1 aliphatic carbocycles. The molecule has 2 aromatic heterocycles. The van der Waals surface area contributed by atoms with Crippen LogP contribution in [0.1, 0.15) is 63.7 Å². The Morgan fingerprint density at radius 3 is 2.39 bits per heavy atom. The van der Waals surface area contributed by atoms with Gasteiger partial charge in [-0.15, -0.1) is 0 Å². The standard InChI is InChI=1S/C36H50N6O4/c1-25(24-46-36(2,3)4)42(35(44)45)23-27-12-10-26(11-13-27)21-38-34(43)30-20-32(39-31-9-7-6-8-29(30)31)28-14-15-33(37-22-28)41-18-16-40(5)17-19-41/h6-9,14-15,20,22,25-27H,10-13,16-19,21,23-24H2,1-5H3,(H,38,43)(H,44,45)/t25-,26?,27?/m0/s1. The highest BCUT2D eigenvalue weighted by molar-refractivity contribution is 6.07. The van der Waals surface area contributed by atoms with Crippen molar-refractivity contribution < 1.29 is 19.4 Å². The molecule has 2 fully saturated rings. The van der Waals surface area contributed by atoms with E-state index in [0.717, 1.165) is 79.8 Å². The predicted molar refractivity (Wildman–Crippen MR) is 182 cm³/mol. The molecule has 0 radical (unpaired) electrons. The van der Waals surface area contributed by atoms with Gasteiger partial charge in [0.25, 0.3) is 5.91 Å². The van der Waals surface area contributed by atoms with Gasteiger partial charge < -0.3 is 29.9 Å². The summed E-state index contributed by atoms with van der Waals surface area (Å²) >= 11 is 0. The molecular formula is C36H50N6O4. The second kappa shape index (κ2) is 14.8. The minimum atomic E-state index is -0.898. The Balaban J connectivity index is 1.19. The van der Waals surface area contributed by atoms with Gasteiger partial charge in [-0.1, -0.05) is 18.2 Å². The van der Waals surface area contributed by atoms with Crippen LogP contribution in [0.4, 0.5) is 10.6 Å². The van der Waals surface area contributed by atoms with Crippen molar-refractivity contribution in [3.63, 3.8) is 0 Å². The number of rotatable bonds is 10. The Kier molecular flexibility index (Phi) is 10.8. The minimum absolute atomic E-state index is 0.103. The molecule has 46 heavy (non-hydrogen) atoms. The average molecular weight is 631 g/mol. The van der Waals surface area contributed by atoms with Gasteiger partial charge in [-0.3, -0.25) is 4.79 Å². The third-order valence-electron chi connectivity index (χ3n) is 9.34. The lowest BCUT2D eigenvalue weighted by molar-refractivity contribution is -0.0314. The van der Waals surface area contributed by atoms with Crippen molar-refractivity contribution in [3.05, 3.63) is 54.2 Å². The zero-order chi connectivity index (χ0) is 32.8. The molecule has 1 aromatic carbocycles. The van der Waals surface area contributed by atoms with Crippen molar-refractivity contribution >= 4 is 28.7 Å². The Labute approximate surface area is 273 Å². The second-order valence-corrected chi connectivity index (χ2v) is 14.1. The number of ether oxygens (including phenoxy) is 1. The van der Waals surface area contributed by atoms with Gasteiger partial charge in [0.05, 0.1) is 35.0 Å². The van der Waals surface area contributed by atoms with Crippen molar-refractivity contribution in [2.75, 3.05) is 57.8 Å². The number of carbonyl (C=O) groups excluding carboxylic acids is 1. The number of hydrogen-bond donors (Lipinski definition) is 2. The summed E-state index contributed by atoms with van der Waals surface area (Å²) in [5.41, 5.74) is 2.69. The molecule has 0 spiro atoms. The molecule has 2 N–H and O–H groups in total. The zero-order valence-electron chi connectivity index (χ0n) is 28.0. The number of nitrogens with one attached hydrogen (secondary N) is 1. The number of hydrogen-bond acceptors (Lipinski definition) is 7. The first-order chi connectivity index (χ1) is 22.0. The highest BCUT2D eigenvalue weighted by atomic mass is 16.5. The van der Waals surface area contributed by atoms with Crippen LogP contribution in [-0.2, 0) is 4.74 Å². The van der Waals surface area contributed by atoms with Gasteiger partial charge in [0.15, 0.2) is 0 Å². The van der Waals surface area contributed by atoms with Crippen LogP contribution in [-0.4, -0.2) is 101 Å². The van der Waals surface area contributed by atoms with Gasteiger partial charge in [0, 0.05) is 56.4 Å². The number of piperazine rings is 1. The molecule has 3 heterocycles. The summed E-state index contributed by atoms with van der Waals surface area (Å²) in [6.45, 7) is 13.3. The van der Waals surface area contributed by atoms with Crippen molar-refractivity contribution in [2.24, 2.45) is 11.8 Å². The van der Waals surface area contributed by atoms with E-state index in [1.807, 2.05) is 76.4 Å². The topological polar surface area (TPSA) is 111 Å². The van der Waals surface area contributed by atoms with Crippen LogP contribution in [0.5, 0.6) is 0 Å². The van der Waals surface area contributed by atoms with E-state index in [4.69, 9.17) is 14.7 Å². The number of carbonyl (C=O) groups is 2. The molecule has 1 aliphatic heterocycles. The van der Waals surface area contributed by atoms with E-state index in [1.54, 1.807) is 0 Å². The Morgan fingerprint density at radius 1 is 1.04 bits per heavy atom. The smallest absolute Gasteiger partial charge is 0.407 e. The van der Waals surface area contributed by atoms with Gasteiger partial charge in [0.2, 0.25) is 0 Å². The van der Waals surface area contributed by atoms with Crippen LogP contribution in [0.2, 0.25) is 0 Å². The number of para-hydroxylation sites is 1. The third-order valence-corrected chi connectivity index (χ3v) is 9.34. The summed E-state index contributed by atoms with van der Waals surface area (Å²) in [5.74, 6) is 1.53. The van der Waals surface area contributed by atoms with Gasteiger partial charge in [-0.25, -0.2) is 14.8 Å². The van der Waals surface area contributed by atoms with Crippen molar-refractivity contribution in [1.82, 2.24) is 25.1 Å². The minimum Gasteiger partial charge on any atom is -0.465 e. The fraction of sp³-hybridized carbons (Fsp3) is 0.556. The van der Waals surface area contributed by atoms with Crippen molar-refractivity contribution in [2.45, 2.75) is 65.0 Å². The molecule has 0 unspecified atom stereocenters. The largest absolute Gasteiger partial charge is 0.465 e. The first kappa shape index (κ1) is 33.6. The van der Waals surface area contributed by atoms with Gasteiger partial charge in [0.1, 0.15) is 5.82 Å². The van der Waals surface area contributed by atoms with Crippen LogP contribution >= 0.6 is 0 Å². The van der Waals surface area contributed by atoms with Crippen LogP contribution < -0.4 is 10.2 Å². The second-order valence-electron chi connectivity index (χ2n) is 14.1. The SMILES string of the molecule is C[C@@H](COC(C)(C)C)N(CC1CCC(CNC(=O)c2cc(-c3ccc(N4CCN(C)CC4)nc3)nc3ccccc23)CC1)C(=O)O. The van der Waals surface area contributed by atoms with E-state index in [9.17, 15) is 14.7 Å². The summed E-state index contributed by atoms with van der Waals surface area (Å²) in [6, 6.07) is 13.5. The van der Waals surface area contributed by atoms with E-state index in [0.29, 0.717) is 37.1 Å². The Morgan fingerprint density at radius 2 is 1.74 bits per heavy atom. The third kappa shape index (κ3) is 8.73. The van der Waals surface area contributed by atoms with E-state index in [2.05, 4.69) is 22.2 Å². The summed E-state index contributed by atoms with van der Waals surface area (Å²) in [6.07, 6.45) is 4.75. The molecule has 2 aliphatic rings. The van der Waals surface area contributed by atoms with Crippen molar-refractivity contribution in [3.8, 4) is 11.3 Å². The fourth-order valence-corrected chi connectivity index (χ4v) is 6.41. The van der Waals surface area contributed by atoms with E-state index in [-0.39, 0.29) is 17.6 Å². The molecule has 1 atom stereocenters. The van der Waals surface area contributed by atoms with Crippen LogP contribution in [0.3, 0.4) is 0 Å². The number of pyridine rings is 2. The van der Waals surface area contributed by atoms with Crippen molar-refractivity contribution in [1.29, 1.82) is 0 Å². The highest BCUT2D eigenvalue weighted by Gasteiger charge is 2.28. The molecule has 248 valence electrons. The lowest BCUT2D eigenvalue weighted by Gasteiger charge is -2.35. The monoisotopic (exact) mass is 630 g/mol. The highest BCUT2D eigenvalue weighted by Crippen LogP contribution is 2.30. The number of carboxylic acid groups (broad SMARTS) is 1. The normalized spacial score (nSPS) is 20.0. The van der Waals surface area contributed by atoms with Crippen LogP contribution in [0.25, 0.3) is 22.2 Å². The number of benzene rings is 1. The van der Waals surface area contributed by atoms with Crippen LogP contribution in [0, 0.1) is 11.8 Å². The summed E-state index contributed by atoms with van der Waals surface area (Å²) < 4.78 is 5.85. The molecule has 5 rings (SSSR count). The molecule has 10 heteroatoms.